The Morgan fingerprint density at radius 1 is 0.654 bits per heavy atom. The number of hydrogen-bond donors (Lipinski definition) is 2. The van der Waals surface area contributed by atoms with Crippen LogP contribution in [0.3, 0.4) is 0 Å². The molecule has 4 saturated carbocycles. The summed E-state index contributed by atoms with van der Waals surface area (Å²) in [7, 11) is 0. The molecule has 26 heavy (non-hydrogen) atoms. The molecule has 0 heterocycles. The Morgan fingerprint density at radius 2 is 1.00 bits per heavy atom. The third-order valence-corrected chi connectivity index (χ3v) is 10.4. The first kappa shape index (κ1) is 18.4. The molecule has 2 heteroatoms. The highest BCUT2D eigenvalue weighted by Gasteiger charge is 2.69. The highest BCUT2D eigenvalue weighted by atomic mass is 16.3. The second kappa shape index (κ2) is 4.90. The summed E-state index contributed by atoms with van der Waals surface area (Å²) in [4.78, 5) is 0. The molecule has 0 radical (unpaired) electrons. The lowest BCUT2D eigenvalue weighted by atomic mass is 9.64. The molecule has 6 atom stereocenters. The van der Waals surface area contributed by atoms with Gasteiger partial charge in [0.15, 0.2) is 0 Å². The zero-order valence-corrected chi connectivity index (χ0v) is 17.3. The standard InChI is InChI=1S/C24H34O2/c1-19(2)17-9-13-21(19,5)23(25,15-17)11-7-8-12-24(26)16-18-10-14-22(24,6)20(18,3)4/h17-18,25-26H,9-10,13-16H2,1-6H3. The fraction of sp³-hybridized carbons (Fsp3) is 0.833. The van der Waals surface area contributed by atoms with E-state index < -0.39 is 11.2 Å². The van der Waals surface area contributed by atoms with Gasteiger partial charge in [0.25, 0.3) is 0 Å². The summed E-state index contributed by atoms with van der Waals surface area (Å²) in [5.41, 5.74) is -2.01. The van der Waals surface area contributed by atoms with Gasteiger partial charge >= 0.3 is 0 Å². The lowest BCUT2D eigenvalue weighted by Gasteiger charge is -2.42. The second-order valence-electron chi connectivity index (χ2n) is 11.2. The number of fused-ring (bicyclic) bond motifs is 4. The molecular formula is C24H34O2. The van der Waals surface area contributed by atoms with E-state index in [0.29, 0.717) is 11.8 Å². The van der Waals surface area contributed by atoms with E-state index in [0.717, 1.165) is 25.7 Å². The van der Waals surface area contributed by atoms with Crippen LogP contribution in [-0.2, 0) is 0 Å². The van der Waals surface area contributed by atoms with E-state index in [2.05, 4.69) is 65.2 Å². The van der Waals surface area contributed by atoms with Gasteiger partial charge in [0.2, 0.25) is 0 Å². The monoisotopic (exact) mass is 354 g/mol. The summed E-state index contributed by atoms with van der Waals surface area (Å²) in [6, 6.07) is 0. The maximum Gasteiger partial charge on any atom is 0.132 e. The van der Waals surface area contributed by atoms with Crippen LogP contribution < -0.4 is 0 Å². The number of hydrogen-bond acceptors (Lipinski definition) is 2. The average molecular weight is 355 g/mol. The van der Waals surface area contributed by atoms with Crippen LogP contribution in [0.2, 0.25) is 0 Å². The van der Waals surface area contributed by atoms with Crippen LogP contribution in [0.1, 0.15) is 80.1 Å². The second-order valence-corrected chi connectivity index (χ2v) is 11.2. The summed E-state index contributed by atoms with van der Waals surface area (Å²) in [6.45, 7) is 13.5. The maximum absolute atomic E-state index is 11.3. The molecule has 2 N–H and O–H groups in total. The molecule has 6 unspecified atom stereocenters. The van der Waals surface area contributed by atoms with Gasteiger partial charge in [-0.3, -0.25) is 0 Å². The Bertz CT molecular complexity index is 706. The number of rotatable bonds is 0. The first-order valence-electron chi connectivity index (χ1n) is 10.3. The molecule has 4 fully saturated rings. The largest absolute Gasteiger partial charge is 0.377 e. The highest BCUT2D eigenvalue weighted by Crippen LogP contribution is 2.70. The maximum atomic E-state index is 11.3. The summed E-state index contributed by atoms with van der Waals surface area (Å²) in [5.74, 6) is 13.2. The van der Waals surface area contributed by atoms with Gasteiger partial charge < -0.3 is 10.2 Å². The molecular weight excluding hydrogens is 320 g/mol. The van der Waals surface area contributed by atoms with E-state index in [1.807, 2.05) is 0 Å². The quantitative estimate of drug-likeness (QED) is 0.642. The third-order valence-electron chi connectivity index (χ3n) is 10.4. The molecule has 0 saturated heterocycles. The molecule has 4 aliphatic rings. The summed E-state index contributed by atoms with van der Waals surface area (Å²) in [6.07, 6.45) is 5.94. The first-order chi connectivity index (χ1) is 11.8. The van der Waals surface area contributed by atoms with E-state index in [1.165, 1.54) is 12.8 Å². The smallest absolute Gasteiger partial charge is 0.132 e. The van der Waals surface area contributed by atoms with Crippen molar-refractivity contribution in [3.63, 3.8) is 0 Å². The van der Waals surface area contributed by atoms with E-state index in [-0.39, 0.29) is 21.7 Å². The van der Waals surface area contributed by atoms with Crippen molar-refractivity contribution in [1.29, 1.82) is 0 Å². The van der Waals surface area contributed by atoms with Gasteiger partial charge in [0, 0.05) is 10.8 Å². The molecule has 0 aromatic carbocycles. The van der Waals surface area contributed by atoms with Crippen molar-refractivity contribution in [2.75, 3.05) is 0 Å². The fourth-order valence-corrected chi connectivity index (χ4v) is 7.20. The number of aliphatic hydroxyl groups is 2. The van der Waals surface area contributed by atoms with Gasteiger partial charge in [-0.05, 0) is 73.0 Å². The van der Waals surface area contributed by atoms with Crippen molar-refractivity contribution < 1.29 is 10.2 Å². The van der Waals surface area contributed by atoms with E-state index in [4.69, 9.17) is 0 Å². The fourth-order valence-electron chi connectivity index (χ4n) is 7.20. The molecule has 0 aliphatic heterocycles. The van der Waals surface area contributed by atoms with Crippen molar-refractivity contribution in [2.24, 2.45) is 33.5 Å². The molecule has 0 spiro atoms. The minimum atomic E-state index is -0.950. The van der Waals surface area contributed by atoms with E-state index in [1.54, 1.807) is 0 Å². The van der Waals surface area contributed by atoms with Crippen molar-refractivity contribution in [3.8, 4) is 23.7 Å². The Hall–Kier alpha value is -0.960. The molecule has 4 rings (SSSR count). The normalized spacial score (nSPS) is 52.3. The molecule has 0 aromatic heterocycles. The van der Waals surface area contributed by atoms with E-state index >= 15 is 0 Å². The van der Waals surface area contributed by atoms with Crippen molar-refractivity contribution in [3.05, 3.63) is 0 Å². The lowest BCUT2D eigenvalue weighted by molar-refractivity contribution is -0.0437. The minimum Gasteiger partial charge on any atom is -0.377 e. The average Bonchev–Trinajstić information content (AvgIpc) is 3.02. The van der Waals surface area contributed by atoms with Crippen LogP contribution in [0.15, 0.2) is 0 Å². The van der Waals surface area contributed by atoms with Crippen molar-refractivity contribution >= 4 is 0 Å². The van der Waals surface area contributed by atoms with Crippen LogP contribution >= 0.6 is 0 Å². The van der Waals surface area contributed by atoms with Crippen molar-refractivity contribution in [1.82, 2.24) is 0 Å². The van der Waals surface area contributed by atoms with Gasteiger partial charge in [-0.2, -0.15) is 0 Å². The summed E-state index contributed by atoms with van der Waals surface area (Å²) in [5, 5.41) is 22.5. The van der Waals surface area contributed by atoms with E-state index in [9.17, 15) is 10.2 Å². The van der Waals surface area contributed by atoms with Gasteiger partial charge in [0.1, 0.15) is 11.2 Å². The Labute approximate surface area is 159 Å². The predicted molar refractivity (Wildman–Crippen MR) is 104 cm³/mol. The van der Waals surface area contributed by atoms with Crippen LogP contribution in [-0.4, -0.2) is 21.4 Å². The van der Waals surface area contributed by atoms with Gasteiger partial charge in [0.05, 0.1) is 0 Å². The van der Waals surface area contributed by atoms with Gasteiger partial charge in [-0.1, -0.05) is 53.4 Å². The Kier molecular flexibility index (Phi) is 3.47. The molecule has 142 valence electrons. The first-order valence-corrected chi connectivity index (χ1v) is 10.3. The molecule has 0 aromatic rings. The Balaban J connectivity index is 1.60. The van der Waals surface area contributed by atoms with Crippen LogP contribution in [0.4, 0.5) is 0 Å². The van der Waals surface area contributed by atoms with Crippen LogP contribution in [0.5, 0.6) is 0 Å². The summed E-state index contributed by atoms with van der Waals surface area (Å²) < 4.78 is 0. The molecule has 0 amide bonds. The van der Waals surface area contributed by atoms with Crippen LogP contribution in [0.25, 0.3) is 0 Å². The SMILES string of the molecule is CC1(C)C2CCC1(C)C(O)(C#CC#CC1(O)CC3CCC1(C)C3(C)C)C2. The molecule has 4 aliphatic carbocycles. The zero-order chi connectivity index (χ0) is 19.2. The minimum absolute atomic E-state index is 0.115. The third kappa shape index (κ3) is 1.84. The van der Waals surface area contributed by atoms with Crippen molar-refractivity contribution in [2.45, 2.75) is 91.3 Å². The van der Waals surface area contributed by atoms with Gasteiger partial charge in [-0.15, -0.1) is 0 Å². The Morgan fingerprint density at radius 3 is 1.23 bits per heavy atom. The lowest BCUT2D eigenvalue weighted by Crippen LogP contribution is -2.46. The van der Waals surface area contributed by atoms with Crippen LogP contribution in [0, 0.1) is 57.2 Å². The molecule has 2 nitrogen and oxygen atoms in total. The summed E-state index contributed by atoms with van der Waals surface area (Å²) >= 11 is 0. The highest BCUT2D eigenvalue weighted by molar-refractivity contribution is 5.40. The molecule has 4 bridgehead atoms. The topological polar surface area (TPSA) is 40.5 Å². The van der Waals surface area contributed by atoms with Gasteiger partial charge in [-0.25, -0.2) is 0 Å². The zero-order valence-electron chi connectivity index (χ0n) is 17.3. The predicted octanol–water partition coefficient (Wildman–Crippen LogP) is 4.15.